The van der Waals surface area contributed by atoms with Crippen LogP contribution in [0.15, 0.2) is 4.42 Å². The van der Waals surface area contributed by atoms with E-state index in [1.807, 2.05) is 6.92 Å². The van der Waals surface area contributed by atoms with E-state index in [0.717, 1.165) is 0 Å². The van der Waals surface area contributed by atoms with E-state index < -0.39 is 0 Å². The molecule has 0 amide bonds. The molecule has 4 nitrogen and oxygen atoms in total. The zero-order chi connectivity index (χ0) is 9.14. The molecule has 12 heavy (non-hydrogen) atoms. The van der Waals surface area contributed by atoms with Crippen molar-refractivity contribution in [2.45, 2.75) is 39.8 Å². The van der Waals surface area contributed by atoms with Crippen molar-refractivity contribution in [3.05, 3.63) is 11.8 Å². The standard InChI is InChI=1S/C8H15N3O/c1-5(2)9-6(3)8-11-10-7(4)12-8/h5-6,9H,1-4H3. The average molecular weight is 169 g/mol. The maximum absolute atomic E-state index is 5.26. The highest BCUT2D eigenvalue weighted by molar-refractivity contribution is 4.86. The van der Waals surface area contributed by atoms with E-state index in [0.29, 0.717) is 17.8 Å². The third-order valence-electron chi connectivity index (χ3n) is 1.50. The maximum Gasteiger partial charge on any atom is 0.233 e. The highest BCUT2D eigenvalue weighted by Gasteiger charge is 2.12. The molecule has 1 heterocycles. The fourth-order valence-electron chi connectivity index (χ4n) is 1.06. The Hall–Kier alpha value is -0.900. The Balaban J connectivity index is 2.58. The van der Waals surface area contributed by atoms with Gasteiger partial charge in [0, 0.05) is 13.0 Å². The first kappa shape index (κ1) is 9.19. The lowest BCUT2D eigenvalue weighted by atomic mass is 10.3. The van der Waals surface area contributed by atoms with Gasteiger partial charge < -0.3 is 9.73 Å². The van der Waals surface area contributed by atoms with E-state index in [1.54, 1.807) is 6.92 Å². The summed E-state index contributed by atoms with van der Waals surface area (Å²) in [6.07, 6.45) is 0. The van der Waals surface area contributed by atoms with Gasteiger partial charge in [0.25, 0.3) is 0 Å². The summed E-state index contributed by atoms with van der Waals surface area (Å²) >= 11 is 0. The lowest BCUT2D eigenvalue weighted by Gasteiger charge is -2.12. The number of aryl methyl sites for hydroxylation is 1. The fourth-order valence-corrected chi connectivity index (χ4v) is 1.06. The highest BCUT2D eigenvalue weighted by Crippen LogP contribution is 2.10. The minimum atomic E-state index is 0.131. The second-order valence-corrected chi connectivity index (χ2v) is 3.20. The van der Waals surface area contributed by atoms with Crippen LogP contribution in [0.5, 0.6) is 0 Å². The molecule has 1 aromatic heterocycles. The zero-order valence-electron chi connectivity index (χ0n) is 7.96. The van der Waals surface area contributed by atoms with Crippen molar-refractivity contribution >= 4 is 0 Å². The smallest absolute Gasteiger partial charge is 0.233 e. The first-order chi connectivity index (χ1) is 5.59. The summed E-state index contributed by atoms with van der Waals surface area (Å²) in [5, 5.41) is 11.0. The molecule has 1 N–H and O–H groups in total. The Morgan fingerprint density at radius 3 is 2.33 bits per heavy atom. The summed E-state index contributed by atoms with van der Waals surface area (Å²) in [6, 6.07) is 0.554. The third kappa shape index (κ3) is 2.30. The van der Waals surface area contributed by atoms with Crippen molar-refractivity contribution in [1.82, 2.24) is 15.5 Å². The van der Waals surface area contributed by atoms with Gasteiger partial charge in [0.1, 0.15) is 0 Å². The minimum Gasteiger partial charge on any atom is -0.424 e. The number of hydrogen-bond donors (Lipinski definition) is 1. The van der Waals surface area contributed by atoms with Crippen LogP contribution in [-0.4, -0.2) is 16.2 Å². The summed E-state index contributed by atoms with van der Waals surface area (Å²) < 4.78 is 5.26. The van der Waals surface area contributed by atoms with Gasteiger partial charge >= 0.3 is 0 Å². The molecule has 0 bridgehead atoms. The van der Waals surface area contributed by atoms with Crippen LogP contribution in [0, 0.1) is 6.92 Å². The molecule has 1 unspecified atom stereocenters. The predicted octanol–water partition coefficient (Wildman–Crippen LogP) is 1.44. The summed E-state index contributed by atoms with van der Waals surface area (Å²) in [5.41, 5.74) is 0. The largest absolute Gasteiger partial charge is 0.424 e. The Morgan fingerprint density at radius 1 is 1.25 bits per heavy atom. The number of hydrogen-bond acceptors (Lipinski definition) is 4. The van der Waals surface area contributed by atoms with E-state index in [4.69, 9.17) is 4.42 Å². The normalized spacial score (nSPS) is 13.8. The van der Waals surface area contributed by atoms with Crippen molar-refractivity contribution in [3.63, 3.8) is 0 Å². The lowest BCUT2D eigenvalue weighted by molar-refractivity contribution is 0.384. The van der Waals surface area contributed by atoms with Crippen LogP contribution in [0.3, 0.4) is 0 Å². The Morgan fingerprint density at radius 2 is 1.92 bits per heavy atom. The third-order valence-corrected chi connectivity index (χ3v) is 1.50. The Bertz CT molecular complexity index is 244. The Labute approximate surface area is 72.4 Å². The molecule has 0 saturated carbocycles. The van der Waals surface area contributed by atoms with Gasteiger partial charge in [-0.05, 0) is 6.92 Å². The summed E-state index contributed by atoms with van der Waals surface area (Å²) in [6.45, 7) is 7.96. The van der Waals surface area contributed by atoms with Crippen molar-refractivity contribution < 1.29 is 4.42 Å². The molecule has 68 valence electrons. The summed E-state index contributed by atoms with van der Waals surface area (Å²) in [7, 11) is 0. The van der Waals surface area contributed by atoms with E-state index in [-0.39, 0.29) is 6.04 Å². The van der Waals surface area contributed by atoms with Crippen LogP contribution in [0.2, 0.25) is 0 Å². The molecule has 0 aliphatic rings. The van der Waals surface area contributed by atoms with E-state index in [9.17, 15) is 0 Å². The molecule has 0 saturated heterocycles. The first-order valence-electron chi connectivity index (χ1n) is 4.15. The molecule has 0 spiro atoms. The average Bonchev–Trinajstić information content (AvgIpc) is 2.34. The second kappa shape index (κ2) is 3.67. The molecule has 4 heteroatoms. The molecule has 0 aliphatic heterocycles. The topological polar surface area (TPSA) is 51.0 Å². The molecule has 0 aliphatic carbocycles. The maximum atomic E-state index is 5.26. The van der Waals surface area contributed by atoms with Gasteiger partial charge in [-0.25, -0.2) is 0 Å². The molecule has 1 atom stereocenters. The van der Waals surface area contributed by atoms with Gasteiger partial charge in [-0.1, -0.05) is 13.8 Å². The van der Waals surface area contributed by atoms with E-state index in [2.05, 4.69) is 29.4 Å². The molecule has 1 aromatic rings. The quantitative estimate of drug-likeness (QED) is 0.743. The molecule has 0 aromatic carbocycles. The monoisotopic (exact) mass is 169 g/mol. The molecule has 1 rings (SSSR count). The second-order valence-electron chi connectivity index (χ2n) is 3.20. The van der Waals surface area contributed by atoms with Crippen molar-refractivity contribution in [3.8, 4) is 0 Å². The highest BCUT2D eigenvalue weighted by atomic mass is 16.4. The predicted molar refractivity (Wildman–Crippen MR) is 45.7 cm³/mol. The number of nitrogens with zero attached hydrogens (tertiary/aromatic N) is 2. The Kier molecular flexibility index (Phi) is 2.81. The van der Waals surface area contributed by atoms with Gasteiger partial charge in [-0.2, -0.15) is 0 Å². The first-order valence-corrected chi connectivity index (χ1v) is 4.15. The molecular formula is C8H15N3O. The van der Waals surface area contributed by atoms with E-state index >= 15 is 0 Å². The van der Waals surface area contributed by atoms with Gasteiger partial charge in [0.05, 0.1) is 6.04 Å². The van der Waals surface area contributed by atoms with Crippen molar-refractivity contribution in [1.29, 1.82) is 0 Å². The number of rotatable bonds is 3. The van der Waals surface area contributed by atoms with Crippen LogP contribution in [0.1, 0.15) is 38.6 Å². The van der Waals surface area contributed by atoms with Crippen LogP contribution in [0.25, 0.3) is 0 Å². The molecule has 0 fully saturated rings. The fraction of sp³-hybridized carbons (Fsp3) is 0.750. The van der Waals surface area contributed by atoms with E-state index in [1.165, 1.54) is 0 Å². The van der Waals surface area contributed by atoms with Crippen molar-refractivity contribution in [2.24, 2.45) is 0 Å². The van der Waals surface area contributed by atoms with Gasteiger partial charge in [-0.15, -0.1) is 10.2 Å². The van der Waals surface area contributed by atoms with Crippen LogP contribution >= 0.6 is 0 Å². The molecular weight excluding hydrogens is 154 g/mol. The summed E-state index contributed by atoms with van der Waals surface area (Å²) in [5.74, 6) is 1.27. The van der Waals surface area contributed by atoms with Gasteiger partial charge in [0.15, 0.2) is 0 Å². The van der Waals surface area contributed by atoms with Crippen LogP contribution in [0.4, 0.5) is 0 Å². The van der Waals surface area contributed by atoms with Crippen LogP contribution in [-0.2, 0) is 0 Å². The summed E-state index contributed by atoms with van der Waals surface area (Å²) in [4.78, 5) is 0. The van der Waals surface area contributed by atoms with Gasteiger partial charge in [0.2, 0.25) is 11.8 Å². The zero-order valence-corrected chi connectivity index (χ0v) is 7.96. The SMILES string of the molecule is Cc1nnc(C(C)NC(C)C)o1. The minimum absolute atomic E-state index is 0.131. The number of nitrogens with one attached hydrogen (secondary N) is 1. The number of aromatic nitrogens is 2. The molecule has 0 radical (unpaired) electrons. The lowest BCUT2D eigenvalue weighted by Crippen LogP contribution is -2.26. The van der Waals surface area contributed by atoms with Crippen molar-refractivity contribution in [2.75, 3.05) is 0 Å². The van der Waals surface area contributed by atoms with Gasteiger partial charge in [-0.3, -0.25) is 0 Å². The van der Waals surface area contributed by atoms with Crippen LogP contribution < -0.4 is 5.32 Å².